The molecule has 0 radical (unpaired) electrons. The molecule has 0 saturated carbocycles. The predicted molar refractivity (Wildman–Crippen MR) is 105 cm³/mol. The summed E-state index contributed by atoms with van der Waals surface area (Å²) in [6.07, 6.45) is 3.22. The molecule has 1 aromatic carbocycles. The highest BCUT2D eigenvalue weighted by atomic mass is 32.1. The topological polar surface area (TPSA) is 88.5 Å². The number of nitrogens with one attached hydrogen (secondary N) is 2. The summed E-state index contributed by atoms with van der Waals surface area (Å²) >= 11 is 1.44. The van der Waals surface area contributed by atoms with Crippen LogP contribution in [0.25, 0.3) is 22.2 Å². The van der Waals surface area contributed by atoms with Crippen molar-refractivity contribution < 1.29 is 4.79 Å². The van der Waals surface area contributed by atoms with E-state index in [-0.39, 0.29) is 11.8 Å². The summed E-state index contributed by atoms with van der Waals surface area (Å²) in [7, 11) is 0. The van der Waals surface area contributed by atoms with Crippen LogP contribution in [0, 0.1) is 6.92 Å². The van der Waals surface area contributed by atoms with E-state index in [0.29, 0.717) is 5.13 Å². The van der Waals surface area contributed by atoms with E-state index >= 15 is 0 Å². The maximum Gasteiger partial charge on any atom is 0.236 e. The molecule has 7 nitrogen and oxygen atoms in total. The number of aromatic nitrogens is 5. The second kappa shape index (κ2) is 6.31. The Bertz CT molecular complexity index is 1140. The number of hydrogen-bond acceptors (Lipinski definition) is 5. The largest absolute Gasteiger partial charge is 0.358 e. The van der Waals surface area contributed by atoms with Gasteiger partial charge in [0.25, 0.3) is 0 Å². The molecule has 4 heterocycles. The van der Waals surface area contributed by atoms with Crippen LogP contribution in [0.4, 0.5) is 5.13 Å². The minimum absolute atomic E-state index is 0.0690. The van der Waals surface area contributed by atoms with Crippen molar-refractivity contribution in [3.8, 4) is 11.3 Å². The molecule has 27 heavy (non-hydrogen) atoms. The standard InChI is InChI=1S/C19H18N6OS/c1-11-16(12-5-2-3-7-14(12)22-11)15-9-27-19(23-15)24-18(26)13-6-4-8-25-17(13)20-10-21-25/h2-3,5,7,9-10,13,22H,4,6,8H2,1H3,(H,23,24,26). The Morgan fingerprint density at radius 3 is 3.19 bits per heavy atom. The number of aryl methyl sites for hydroxylation is 2. The third kappa shape index (κ3) is 2.73. The van der Waals surface area contributed by atoms with Gasteiger partial charge < -0.3 is 10.3 Å². The number of para-hydroxylation sites is 1. The number of hydrogen-bond donors (Lipinski definition) is 2. The van der Waals surface area contributed by atoms with E-state index < -0.39 is 0 Å². The van der Waals surface area contributed by atoms with Crippen LogP contribution in [-0.2, 0) is 11.3 Å². The lowest BCUT2D eigenvalue weighted by atomic mass is 9.98. The van der Waals surface area contributed by atoms with Gasteiger partial charge in [-0.2, -0.15) is 5.10 Å². The molecular weight excluding hydrogens is 360 g/mol. The number of amides is 1. The van der Waals surface area contributed by atoms with Gasteiger partial charge in [0, 0.05) is 34.1 Å². The Labute approximate surface area is 159 Å². The molecule has 1 amide bonds. The van der Waals surface area contributed by atoms with Crippen molar-refractivity contribution >= 4 is 33.3 Å². The lowest BCUT2D eigenvalue weighted by Gasteiger charge is -2.20. The van der Waals surface area contributed by atoms with Crippen molar-refractivity contribution in [1.82, 2.24) is 24.7 Å². The van der Waals surface area contributed by atoms with Gasteiger partial charge in [0.05, 0.1) is 11.6 Å². The molecule has 0 aliphatic carbocycles. The number of fused-ring (bicyclic) bond motifs is 2. The molecule has 1 atom stereocenters. The summed E-state index contributed by atoms with van der Waals surface area (Å²) in [4.78, 5) is 25.1. The number of H-pyrrole nitrogens is 1. The van der Waals surface area contributed by atoms with E-state index in [1.807, 2.05) is 29.1 Å². The summed E-state index contributed by atoms with van der Waals surface area (Å²) < 4.78 is 1.82. The number of nitrogens with zero attached hydrogens (tertiary/aromatic N) is 4. The Balaban J connectivity index is 1.42. The molecule has 0 saturated heterocycles. The van der Waals surface area contributed by atoms with Crippen LogP contribution in [0.3, 0.4) is 0 Å². The zero-order valence-corrected chi connectivity index (χ0v) is 15.6. The molecule has 136 valence electrons. The molecule has 3 aromatic heterocycles. The van der Waals surface area contributed by atoms with Crippen LogP contribution in [0.5, 0.6) is 0 Å². The van der Waals surface area contributed by atoms with Gasteiger partial charge in [-0.25, -0.2) is 14.6 Å². The van der Waals surface area contributed by atoms with E-state index in [2.05, 4.69) is 37.5 Å². The molecule has 0 bridgehead atoms. The van der Waals surface area contributed by atoms with Gasteiger partial charge in [-0.15, -0.1) is 11.3 Å². The van der Waals surface area contributed by atoms with Crippen LogP contribution in [-0.4, -0.2) is 30.6 Å². The second-order valence-corrected chi connectivity index (χ2v) is 7.59. The molecule has 1 aliphatic heterocycles. The van der Waals surface area contributed by atoms with E-state index in [1.54, 1.807) is 0 Å². The van der Waals surface area contributed by atoms with Crippen molar-refractivity contribution in [1.29, 1.82) is 0 Å². The number of carbonyl (C=O) groups excluding carboxylic acids is 1. The minimum Gasteiger partial charge on any atom is -0.358 e. The minimum atomic E-state index is -0.275. The SMILES string of the molecule is Cc1[nH]c2ccccc2c1-c1csc(NC(=O)C2CCCn3ncnc32)n1. The first-order chi connectivity index (χ1) is 13.2. The average molecular weight is 378 g/mol. The van der Waals surface area contributed by atoms with Crippen LogP contribution in [0.2, 0.25) is 0 Å². The third-order valence-electron chi connectivity index (χ3n) is 5.02. The first-order valence-corrected chi connectivity index (χ1v) is 9.80. The fraction of sp³-hybridized carbons (Fsp3) is 0.263. The first-order valence-electron chi connectivity index (χ1n) is 8.92. The van der Waals surface area contributed by atoms with Crippen molar-refractivity contribution in [3.05, 3.63) is 47.5 Å². The molecule has 0 spiro atoms. The van der Waals surface area contributed by atoms with Crippen LogP contribution in [0.15, 0.2) is 36.0 Å². The van der Waals surface area contributed by atoms with Crippen LogP contribution >= 0.6 is 11.3 Å². The fourth-order valence-electron chi connectivity index (χ4n) is 3.78. The number of aromatic amines is 1. The molecule has 1 unspecified atom stereocenters. The Hall–Kier alpha value is -3.00. The van der Waals surface area contributed by atoms with Crippen LogP contribution < -0.4 is 5.32 Å². The zero-order valence-electron chi connectivity index (χ0n) is 14.8. The molecule has 0 fully saturated rings. The molecule has 1 aliphatic rings. The third-order valence-corrected chi connectivity index (χ3v) is 5.78. The zero-order chi connectivity index (χ0) is 18.4. The Morgan fingerprint density at radius 1 is 1.37 bits per heavy atom. The highest BCUT2D eigenvalue weighted by Gasteiger charge is 2.29. The quantitative estimate of drug-likeness (QED) is 0.569. The summed E-state index contributed by atoms with van der Waals surface area (Å²) in [5.41, 5.74) is 4.11. The summed E-state index contributed by atoms with van der Waals surface area (Å²) in [5.74, 6) is 0.395. The summed E-state index contributed by atoms with van der Waals surface area (Å²) in [6, 6.07) is 8.17. The lowest BCUT2D eigenvalue weighted by Crippen LogP contribution is -2.28. The van der Waals surface area contributed by atoms with E-state index in [4.69, 9.17) is 0 Å². The van der Waals surface area contributed by atoms with Crippen molar-refractivity contribution in [2.75, 3.05) is 5.32 Å². The Kier molecular flexibility index (Phi) is 3.78. The highest BCUT2D eigenvalue weighted by molar-refractivity contribution is 7.14. The smallest absolute Gasteiger partial charge is 0.236 e. The van der Waals surface area contributed by atoms with Gasteiger partial charge >= 0.3 is 0 Å². The number of anilines is 1. The van der Waals surface area contributed by atoms with E-state index in [1.165, 1.54) is 17.7 Å². The average Bonchev–Trinajstić information content (AvgIpc) is 3.38. The van der Waals surface area contributed by atoms with Crippen molar-refractivity contribution in [2.24, 2.45) is 0 Å². The summed E-state index contributed by atoms with van der Waals surface area (Å²) in [6.45, 7) is 2.86. The van der Waals surface area contributed by atoms with Crippen LogP contribution in [0.1, 0.15) is 30.3 Å². The monoisotopic (exact) mass is 378 g/mol. The van der Waals surface area contributed by atoms with Gasteiger partial charge in [-0.3, -0.25) is 4.79 Å². The van der Waals surface area contributed by atoms with Gasteiger partial charge in [0.2, 0.25) is 5.91 Å². The lowest BCUT2D eigenvalue weighted by molar-refractivity contribution is -0.118. The van der Waals surface area contributed by atoms with Crippen molar-refractivity contribution in [2.45, 2.75) is 32.2 Å². The molecule has 5 rings (SSSR count). The van der Waals surface area contributed by atoms with Gasteiger partial charge in [-0.05, 0) is 25.8 Å². The van der Waals surface area contributed by atoms with E-state index in [0.717, 1.165) is 53.1 Å². The molecular formula is C19H18N6OS. The molecule has 8 heteroatoms. The first kappa shape index (κ1) is 16.2. The van der Waals surface area contributed by atoms with Crippen molar-refractivity contribution in [3.63, 3.8) is 0 Å². The maximum atomic E-state index is 12.8. The summed E-state index contributed by atoms with van der Waals surface area (Å²) in [5, 5.41) is 10.9. The number of thiazole rings is 1. The normalized spacial score (nSPS) is 16.4. The second-order valence-electron chi connectivity index (χ2n) is 6.73. The van der Waals surface area contributed by atoms with Gasteiger partial charge in [-0.1, -0.05) is 18.2 Å². The molecule has 2 N–H and O–H groups in total. The Morgan fingerprint density at radius 2 is 2.26 bits per heavy atom. The number of rotatable bonds is 3. The fourth-order valence-corrected chi connectivity index (χ4v) is 4.49. The predicted octanol–water partition coefficient (Wildman–Crippen LogP) is 3.71. The van der Waals surface area contributed by atoms with Gasteiger partial charge in [0.15, 0.2) is 5.13 Å². The molecule has 4 aromatic rings. The number of carbonyl (C=O) groups is 1. The van der Waals surface area contributed by atoms with E-state index in [9.17, 15) is 4.79 Å². The number of benzene rings is 1. The van der Waals surface area contributed by atoms with Gasteiger partial charge in [0.1, 0.15) is 12.2 Å². The highest BCUT2D eigenvalue weighted by Crippen LogP contribution is 2.34. The maximum absolute atomic E-state index is 12.8.